The first-order chi connectivity index (χ1) is 8.93. The van der Waals surface area contributed by atoms with Crippen molar-refractivity contribution in [2.24, 2.45) is 0 Å². The van der Waals surface area contributed by atoms with Crippen LogP contribution in [-0.2, 0) is 9.47 Å². The number of hydrogen-bond donors (Lipinski definition) is 0. The molecule has 0 amide bonds. The summed E-state index contributed by atoms with van der Waals surface area (Å²) in [6.45, 7) is 4.94. The Kier molecular flexibility index (Phi) is 14.3. The second-order valence-corrected chi connectivity index (χ2v) is 5.57. The number of epoxide rings is 1. The highest BCUT2D eigenvalue weighted by Gasteiger charge is 2.21. The first kappa shape index (κ1) is 18.9. The summed E-state index contributed by atoms with van der Waals surface area (Å²) >= 11 is 0. The molecule has 0 aromatic carbocycles. The van der Waals surface area contributed by atoms with E-state index in [1.807, 2.05) is 0 Å². The maximum absolute atomic E-state index is 5.52. The molecule has 1 aliphatic rings. The van der Waals surface area contributed by atoms with Gasteiger partial charge in [0.25, 0.3) is 0 Å². The number of ether oxygens (including phenoxy) is 2. The highest BCUT2D eigenvalue weighted by Crippen LogP contribution is 2.12. The highest BCUT2D eigenvalue weighted by molar-refractivity contribution is 4.66. The fraction of sp³-hybridized carbons (Fsp3) is 1.00. The van der Waals surface area contributed by atoms with Crippen LogP contribution in [0.15, 0.2) is 0 Å². The van der Waals surface area contributed by atoms with E-state index in [4.69, 9.17) is 9.47 Å². The predicted molar refractivity (Wildman–Crippen MR) is 83.8 cm³/mol. The Morgan fingerprint density at radius 1 is 0.842 bits per heavy atom. The molecule has 1 fully saturated rings. The summed E-state index contributed by atoms with van der Waals surface area (Å²) in [6.07, 6.45) is 15.8. The molecule has 1 aliphatic heterocycles. The van der Waals surface area contributed by atoms with Gasteiger partial charge in [-0.2, -0.15) is 0 Å². The van der Waals surface area contributed by atoms with Crippen LogP contribution in [0.1, 0.15) is 85.0 Å². The molecular weight excluding hydrogens is 236 g/mol. The molecule has 19 heavy (non-hydrogen) atoms. The van der Waals surface area contributed by atoms with Gasteiger partial charge in [-0.15, -0.1) is 0 Å². The summed E-state index contributed by atoms with van der Waals surface area (Å²) < 4.78 is 10.6. The third-order valence-corrected chi connectivity index (χ3v) is 3.60. The number of unbranched alkanes of at least 4 members (excludes halogenated alkanes) is 10. The van der Waals surface area contributed by atoms with Crippen molar-refractivity contribution >= 4 is 0 Å². The predicted octanol–water partition coefficient (Wildman–Crippen LogP) is 5.35. The quantitative estimate of drug-likeness (QED) is 0.314. The van der Waals surface area contributed by atoms with Gasteiger partial charge in [0, 0.05) is 6.61 Å². The Labute approximate surface area is 121 Å². The lowest BCUT2D eigenvalue weighted by Gasteiger charge is -2.03. The Morgan fingerprint density at radius 3 is 1.79 bits per heavy atom. The van der Waals surface area contributed by atoms with Gasteiger partial charge in [-0.3, -0.25) is 0 Å². The summed E-state index contributed by atoms with van der Waals surface area (Å²) in [5.41, 5.74) is 0. The summed E-state index contributed by atoms with van der Waals surface area (Å²) in [6, 6.07) is 0. The number of rotatable bonds is 14. The molecule has 0 N–H and O–H groups in total. The highest BCUT2D eigenvalue weighted by atomic mass is 16.6. The zero-order chi connectivity index (χ0) is 12.9. The minimum absolute atomic E-state index is 0. The van der Waals surface area contributed by atoms with Gasteiger partial charge in [0.05, 0.1) is 13.2 Å². The molecule has 0 aliphatic carbocycles. The van der Waals surface area contributed by atoms with E-state index in [9.17, 15) is 0 Å². The Morgan fingerprint density at radius 2 is 1.32 bits per heavy atom. The zero-order valence-electron chi connectivity index (χ0n) is 12.3. The largest absolute Gasteiger partial charge is 0.379 e. The lowest BCUT2D eigenvalue weighted by molar-refractivity contribution is 0.113. The van der Waals surface area contributed by atoms with Crippen LogP contribution in [0.4, 0.5) is 0 Å². The average Bonchev–Trinajstić information content (AvgIpc) is 3.19. The lowest BCUT2D eigenvalue weighted by Crippen LogP contribution is -2.02. The van der Waals surface area contributed by atoms with E-state index in [2.05, 4.69) is 6.92 Å². The third kappa shape index (κ3) is 14.1. The van der Waals surface area contributed by atoms with Crippen LogP contribution in [0.3, 0.4) is 0 Å². The van der Waals surface area contributed by atoms with Crippen LogP contribution < -0.4 is 0 Å². The molecule has 1 atom stereocenters. The van der Waals surface area contributed by atoms with Gasteiger partial charge in [0.1, 0.15) is 6.10 Å². The van der Waals surface area contributed by atoms with E-state index in [0.717, 1.165) is 19.8 Å². The molecule has 1 rings (SSSR count). The van der Waals surface area contributed by atoms with Crippen molar-refractivity contribution < 1.29 is 9.47 Å². The van der Waals surface area contributed by atoms with Crippen molar-refractivity contribution in [2.45, 2.75) is 91.1 Å². The van der Waals surface area contributed by atoms with Crippen LogP contribution in [0.5, 0.6) is 0 Å². The molecule has 0 saturated carbocycles. The van der Waals surface area contributed by atoms with Crippen LogP contribution in [0.2, 0.25) is 0 Å². The standard InChI is InChI=1S/C16H32O2.CH4/c1-2-3-4-5-6-7-8-9-10-11-12-13-17-14-16-15-18-16;/h16H,2-15H2,1H3;1H4. The topological polar surface area (TPSA) is 21.8 Å². The Hall–Kier alpha value is -0.0800. The Balaban J connectivity index is 0.00000324. The first-order valence-corrected chi connectivity index (χ1v) is 8.13. The molecule has 1 saturated heterocycles. The van der Waals surface area contributed by atoms with Crippen molar-refractivity contribution in [1.82, 2.24) is 0 Å². The Bertz CT molecular complexity index is 167. The average molecular weight is 272 g/mol. The van der Waals surface area contributed by atoms with Gasteiger partial charge in [-0.1, -0.05) is 78.6 Å². The van der Waals surface area contributed by atoms with Gasteiger partial charge in [-0.05, 0) is 6.42 Å². The lowest BCUT2D eigenvalue weighted by atomic mass is 10.1. The molecule has 1 unspecified atom stereocenters. The van der Waals surface area contributed by atoms with E-state index >= 15 is 0 Å². The van der Waals surface area contributed by atoms with Crippen molar-refractivity contribution in [3.05, 3.63) is 0 Å². The van der Waals surface area contributed by atoms with E-state index in [-0.39, 0.29) is 7.43 Å². The van der Waals surface area contributed by atoms with Crippen LogP contribution in [-0.4, -0.2) is 25.9 Å². The summed E-state index contributed by atoms with van der Waals surface area (Å²) in [4.78, 5) is 0. The maximum Gasteiger partial charge on any atom is 0.104 e. The minimum atomic E-state index is 0. The fourth-order valence-electron chi connectivity index (χ4n) is 2.25. The van der Waals surface area contributed by atoms with Crippen LogP contribution in [0.25, 0.3) is 0 Å². The third-order valence-electron chi connectivity index (χ3n) is 3.60. The maximum atomic E-state index is 5.52. The van der Waals surface area contributed by atoms with Gasteiger partial charge >= 0.3 is 0 Å². The molecule has 0 radical (unpaired) electrons. The molecule has 0 aromatic heterocycles. The normalized spacial score (nSPS) is 17.2. The van der Waals surface area contributed by atoms with Crippen LogP contribution in [0, 0.1) is 0 Å². The molecule has 0 bridgehead atoms. The molecule has 0 spiro atoms. The number of hydrogen-bond acceptors (Lipinski definition) is 2. The second-order valence-electron chi connectivity index (χ2n) is 5.57. The summed E-state index contributed by atoms with van der Waals surface area (Å²) in [7, 11) is 0. The van der Waals surface area contributed by atoms with Gasteiger partial charge in [0.15, 0.2) is 0 Å². The van der Waals surface area contributed by atoms with Crippen LogP contribution >= 0.6 is 0 Å². The van der Waals surface area contributed by atoms with Crippen molar-refractivity contribution in [1.29, 1.82) is 0 Å². The second kappa shape index (κ2) is 14.3. The molecule has 2 nitrogen and oxygen atoms in total. The van der Waals surface area contributed by atoms with Crippen molar-refractivity contribution in [3.63, 3.8) is 0 Å². The van der Waals surface area contributed by atoms with E-state index < -0.39 is 0 Å². The van der Waals surface area contributed by atoms with Gasteiger partial charge < -0.3 is 9.47 Å². The van der Waals surface area contributed by atoms with E-state index in [1.54, 1.807) is 0 Å². The zero-order valence-corrected chi connectivity index (χ0v) is 12.3. The molecule has 0 aromatic rings. The summed E-state index contributed by atoms with van der Waals surface area (Å²) in [5, 5.41) is 0. The molecule has 1 heterocycles. The fourth-order valence-corrected chi connectivity index (χ4v) is 2.25. The van der Waals surface area contributed by atoms with E-state index in [1.165, 1.54) is 70.6 Å². The van der Waals surface area contributed by atoms with Gasteiger partial charge in [-0.25, -0.2) is 0 Å². The SMILES string of the molecule is C.CCCCCCCCCCCCCOCC1CO1. The molecular formula is C17H36O2. The molecule has 2 heteroatoms. The van der Waals surface area contributed by atoms with E-state index in [0.29, 0.717) is 6.10 Å². The monoisotopic (exact) mass is 272 g/mol. The van der Waals surface area contributed by atoms with Crippen molar-refractivity contribution in [3.8, 4) is 0 Å². The molecule has 116 valence electrons. The van der Waals surface area contributed by atoms with Crippen molar-refractivity contribution in [2.75, 3.05) is 19.8 Å². The first-order valence-electron chi connectivity index (χ1n) is 8.13. The smallest absolute Gasteiger partial charge is 0.104 e. The minimum Gasteiger partial charge on any atom is -0.379 e. The summed E-state index contributed by atoms with van der Waals surface area (Å²) in [5.74, 6) is 0. The van der Waals surface area contributed by atoms with Gasteiger partial charge in [0.2, 0.25) is 0 Å².